The highest BCUT2D eigenvalue weighted by atomic mass is 35.5. The number of H-pyrrole nitrogens is 1. The third kappa shape index (κ3) is 3.00. The van der Waals surface area contributed by atoms with Gasteiger partial charge >= 0.3 is 5.76 Å². The summed E-state index contributed by atoms with van der Waals surface area (Å²) in [5, 5.41) is 0.226. The molecule has 136 valence electrons. The first kappa shape index (κ1) is 17.1. The molecule has 0 atom stereocenters. The van der Waals surface area contributed by atoms with E-state index >= 15 is 0 Å². The zero-order chi connectivity index (χ0) is 18.3. The Bertz CT molecular complexity index is 1110. The van der Waals surface area contributed by atoms with E-state index in [-0.39, 0.29) is 9.92 Å². The number of hydrogen-bond donors (Lipinski definition) is 1. The Morgan fingerprint density at radius 1 is 1.04 bits per heavy atom. The molecule has 7 nitrogen and oxygen atoms in total. The number of piperazine rings is 1. The Hall–Kier alpha value is -2.29. The molecule has 2 aromatic carbocycles. The summed E-state index contributed by atoms with van der Waals surface area (Å²) in [5.41, 5.74) is 2.03. The zero-order valence-corrected chi connectivity index (χ0v) is 15.3. The molecular weight excluding hydrogens is 378 g/mol. The smallest absolute Gasteiger partial charge is 0.408 e. The molecule has 0 bridgehead atoms. The molecule has 1 aromatic heterocycles. The van der Waals surface area contributed by atoms with Gasteiger partial charge in [-0.15, -0.1) is 0 Å². The van der Waals surface area contributed by atoms with Crippen LogP contribution in [0.5, 0.6) is 0 Å². The first-order chi connectivity index (χ1) is 12.4. The minimum atomic E-state index is -3.62. The molecule has 0 unspecified atom stereocenters. The summed E-state index contributed by atoms with van der Waals surface area (Å²) in [5.74, 6) is -0.493. The van der Waals surface area contributed by atoms with Crippen molar-refractivity contribution in [1.82, 2.24) is 9.29 Å². The minimum absolute atomic E-state index is 0.132. The fourth-order valence-electron chi connectivity index (χ4n) is 3.12. The van der Waals surface area contributed by atoms with Crippen LogP contribution in [-0.2, 0) is 10.0 Å². The summed E-state index contributed by atoms with van der Waals surface area (Å²) in [6.45, 7) is 1.79. The fraction of sp³-hybridized carbons (Fsp3) is 0.235. The van der Waals surface area contributed by atoms with Crippen molar-refractivity contribution in [1.29, 1.82) is 0 Å². The monoisotopic (exact) mass is 393 g/mol. The van der Waals surface area contributed by atoms with Gasteiger partial charge < -0.3 is 9.32 Å². The van der Waals surface area contributed by atoms with Crippen molar-refractivity contribution in [2.75, 3.05) is 31.1 Å². The molecule has 0 radical (unpaired) electrons. The Balaban J connectivity index is 1.53. The topological polar surface area (TPSA) is 86.6 Å². The van der Waals surface area contributed by atoms with Crippen molar-refractivity contribution in [3.63, 3.8) is 0 Å². The predicted octanol–water partition coefficient (Wildman–Crippen LogP) is 2.29. The summed E-state index contributed by atoms with van der Waals surface area (Å²) in [4.78, 5) is 16.1. The molecule has 0 saturated carbocycles. The van der Waals surface area contributed by atoms with Gasteiger partial charge in [0.2, 0.25) is 10.0 Å². The largest absolute Gasteiger partial charge is 0.417 e. The third-order valence-electron chi connectivity index (χ3n) is 4.46. The molecule has 0 amide bonds. The molecule has 1 N–H and O–H groups in total. The van der Waals surface area contributed by atoms with Crippen LogP contribution in [0.25, 0.3) is 11.1 Å². The molecular formula is C17H16ClN3O4S. The van der Waals surface area contributed by atoms with Crippen molar-refractivity contribution in [2.45, 2.75) is 4.90 Å². The number of nitrogens with zero attached hydrogens (tertiary/aromatic N) is 2. The van der Waals surface area contributed by atoms with E-state index in [2.05, 4.69) is 9.88 Å². The lowest BCUT2D eigenvalue weighted by atomic mass is 10.2. The minimum Gasteiger partial charge on any atom is -0.408 e. The Morgan fingerprint density at radius 2 is 1.77 bits per heavy atom. The predicted molar refractivity (Wildman–Crippen MR) is 99.3 cm³/mol. The molecule has 0 spiro atoms. The van der Waals surface area contributed by atoms with E-state index in [9.17, 15) is 13.2 Å². The van der Waals surface area contributed by atoms with E-state index < -0.39 is 15.8 Å². The van der Waals surface area contributed by atoms with Gasteiger partial charge in [0.25, 0.3) is 0 Å². The highest BCUT2D eigenvalue weighted by Crippen LogP contribution is 2.27. The number of aromatic amines is 1. The summed E-state index contributed by atoms with van der Waals surface area (Å²) in [7, 11) is -3.62. The second-order valence-corrected chi connectivity index (χ2v) is 8.33. The lowest BCUT2D eigenvalue weighted by Crippen LogP contribution is -2.48. The van der Waals surface area contributed by atoms with Gasteiger partial charge in [0, 0.05) is 31.9 Å². The van der Waals surface area contributed by atoms with E-state index in [1.807, 2.05) is 12.1 Å². The van der Waals surface area contributed by atoms with Crippen molar-refractivity contribution < 1.29 is 12.8 Å². The molecule has 4 rings (SSSR count). The van der Waals surface area contributed by atoms with Crippen molar-refractivity contribution in [2.24, 2.45) is 0 Å². The van der Waals surface area contributed by atoms with Crippen LogP contribution in [0.4, 0.5) is 5.69 Å². The maximum absolute atomic E-state index is 12.8. The second-order valence-electron chi connectivity index (χ2n) is 6.02. The maximum Gasteiger partial charge on any atom is 0.417 e. The number of sulfonamides is 1. The number of aromatic nitrogens is 1. The van der Waals surface area contributed by atoms with Crippen LogP contribution in [0.15, 0.2) is 56.6 Å². The molecule has 1 aliphatic rings. The van der Waals surface area contributed by atoms with Gasteiger partial charge in [-0.2, -0.15) is 4.31 Å². The van der Waals surface area contributed by atoms with Crippen LogP contribution < -0.4 is 10.7 Å². The fourth-order valence-corrected chi connectivity index (χ4v) is 5.03. The third-order valence-corrected chi connectivity index (χ3v) is 6.86. The van der Waals surface area contributed by atoms with E-state index in [4.69, 9.17) is 16.0 Å². The Labute approximate surface area is 154 Å². The average molecular weight is 394 g/mol. The maximum atomic E-state index is 12.8. The van der Waals surface area contributed by atoms with Gasteiger partial charge in [0.1, 0.15) is 4.90 Å². The van der Waals surface area contributed by atoms with E-state index in [1.165, 1.54) is 10.4 Å². The van der Waals surface area contributed by atoms with E-state index in [1.54, 1.807) is 24.3 Å². The SMILES string of the molecule is O=c1[nH]c2cc(N3CCN(S(=O)(=O)c4ccccc4Cl)CC3)ccc2o1. The summed E-state index contributed by atoms with van der Waals surface area (Å²) in [6.07, 6.45) is 0. The molecule has 1 aliphatic heterocycles. The number of oxazole rings is 1. The van der Waals surface area contributed by atoms with Crippen LogP contribution >= 0.6 is 11.6 Å². The van der Waals surface area contributed by atoms with Crippen LogP contribution in [0.3, 0.4) is 0 Å². The molecule has 1 saturated heterocycles. The van der Waals surface area contributed by atoms with Gasteiger partial charge in [0.05, 0.1) is 10.5 Å². The van der Waals surface area contributed by atoms with Gasteiger partial charge in [-0.3, -0.25) is 4.98 Å². The molecule has 1 fully saturated rings. The van der Waals surface area contributed by atoms with Crippen molar-refractivity contribution in [3.05, 3.63) is 58.0 Å². The first-order valence-electron chi connectivity index (χ1n) is 8.08. The molecule has 0 aliphatic carbocycles. The lowest BCUT2D eigenvalue weighted by Gasteiger charge is -2.35. The van der Waals surface area contributed by atoms with Crippen LogP contribution in [0.2, 0.25) is 5.02 Å². The average Bonchev–Trinajstić information content (AvgIpc) is 3.01. The quantitative estimate of drug-likeness (QED) is 0.737. The second kappa shape index (κ2) is 6.46. The van der Waals surface area contributed by atoms with E-state index in [0.29, 0.717) is 37.3 Å². The number of fused-ring (bicyclic) bond motifs is 1. The number of nitrogens with one attached hydrogen (secondary N) is 1. The number of benzene rings is 2. The Kier molecular flexibility index (Phi) is 4.26. The number of anilines is 1. The van der Waals surface area contributed by atoms with E-state index in [0.717, 1.165) is 5.69 Å². The standard InChI is InChI=1S/C17H16ClN3O4S/c18-13-3-1-2-4-16(13)26(23,24)21-9-7-20(8-10-21)12-5-6-15-14(11-12)19-17(22)25-15/h1-6,11H,7-10H2,(H,19,22). The lowest BCUT2D eigenvalue weighted by molar-refractivity contribution is 0.385. The van der Waals surface area contributed by atoms with Gasteiger partial charge in [-0.25, -0.2) is 13.2 Å². The van der Waals surface area contributed by atoms with Crippen LogP contribution in [0, 0.1) is 0 Å². The van der Waals surface area contributed by atoms with Crippen LogP contribution in [-0.4, -0.2) is 43.9 Å². The molecule has 26 heavy (non-hydrogen) atoms. The first-order valence-corrected chi connectivity index (χ1v) is 9.89. The molecule has 9 heteroatoms. The highest BCUT2D eigenvalue weighted by molar-refractivity contribution is 7.89. The summed E-state index contributed by atoms with van der Waals surface area (Å²) >= 11 is 6.06. The summed E-state index contributed by atoms with van der Waals surface area (Å²) in [6, 6.07) is 11.9. The summed E-state index contributed by atoms with van der Waals surface area (Å²) < 4.78 is 32.0. The van der Waals surface area contributed by atoms with Gasteiger partial charge in [0.15, 0.2) is 5.58 Å². The van der Waals surface area contributed by atoms with Gasteiger partial charge in [-0.1, -0.05) is 23.7 Å². The van der Waals surface area contributed by atoms with Crippen molar-refractivity contribution >= 4 is 38.4 Å². The van der Waals surface area contributed by atoms with Crippen LogP contribution in [0.1, 0.15) is 0 Å². The van der Waals surface area contributed by atoms with Crippen molar-refractivity contribution in [3.8, 4) is 0 Å². The number of halogens is 1. The molecule has 2 heterocycles. The molecule has 3 aromatic rings. The van der Waals surface area contributed by atoms with Gasteiger partial charge in [-0.05, 0) is 30.3 Å². The zero-order valence-electron chi connectivity index (χ0n) is 13.7. The number of rotatable bonds is 3. The Morgan fingerprint density at radius 3 is 2.50 bits per heavy atom. The number of hydrogen-bond acceptors (Lipinski definition) is 5. The highest BCUT2D eigenvalue weighted by Gasteiger charge is 2.30. The normalized spacial score (nSPS) is 16.3.